The van der Waals surface area contributed by atoms with Crippen molar-refractivity contribution in [2.45, 2.75) is 37.8 Å². The van der Waals surface area contributed by atoms with Crippen LogP contribution in [0.5, 0.6) is 0 Å². The second-order valence-electron chi connectivity index (χ2n) is 4.78. The largest absolute Gasteiger partial charge is 0.288 e. The molecule has 0 radical (unpaired) electrons. The normalized spacial score (nSPS) is 35.7. The van der Waals surface area contributed by atoms with Gasteiger partial charge in [0.2, 0.25) is 7.44 Å². The molecule has 0 aromatic carbocycles. The van der Waals surface area contributed by atoms with E-state index in [2.05, 4.69) is 9.34 Å². The zero-order chi connectivity index (χ0) is 11.8. The number of nitrogens with zero attached hydrogens (tertiary/aromatic N) is 2. The van der Waals surface area contributed by atoms with E-state index in [1.807, 2.05) is 20.2 Å². The van der Waals surface area contributed by atoms with Crippen LogP contribution < -0.4 is 0 Å². The molecular weight excluding hydrogens is 243 g/mol. The van der Waals surface area contributed by atoms with Crippen LogP contribution in [-0.2, 0) is 4.57 Å². The summed E-state index contributed by atoms with van der Waals surface area (Å²) in [5.74, 6) is 0. The number of hydrogen-bond donors (Lipinski definition) is 0. The number of rotatable bonds is 2. The van der Waals surface area contributed by atoms with E-state index in [-0.39, 0.29) is 0 Å². The van der Waals surface area contributed by atoms with Crippen molar-refractivity contribution in [3.8, 4) is 0 Å². The lowest BCUT2D eigenvalue weighted by molar-refractivity contribution is 0.233. The number of likely N-dealkylation sites (N-methyl/N-ethyl adjacent to an activating group) is 2. The lowest BCUT2D eigenvalue weighted by Gasteiger charge is -2.28. The minimum atomic E-state index is -2.38. The van der Waals surface area contributed by atoms with Gasteiger partial charge in [-0.05, 0) is 26.9 Å². The van der Waals surface area contributed by atoms with Crippen molar-refractivity contribution in [2.24, 2.45) is 0 Å². The molecule has 2 atom stereocenters. The molecule has 0 aromatic heterocycles. The summed E-state index contributed by atoms with van der Waals surface area (Å²) in [4.78, 5) is 0. The third kappa shape index (κ3) is 1.88. The molecule has 16 heavy (non-hydrogen) atoms. The second kappa shape index (κ2) is 4.81. The fourth-order valence-electron chi connectivity index (χ4n) is 3.08. The van der Waals surface area contributed by atoms with Gasteiger partial charge >= 0.3 is 0 Å². The quantitative estimate of drug-likeness (QED) is 0.715. The van der Waals surface area contributed by atoms with E-state index >= 15 is 0 Å². The Balaban J connectivity index is 2.23. The summed E-state index contributed by atoms with van der Waals surface area (Å²) < 4.78 is 17.2. The Kier molecular flexibility index (Phi) is 3.80. The monoisotopic (exact) mass is 262 g/mol. The van der Waals surface area contributed by atoms with E-state index in [0.29, 0.717) is 18.2 Å². The summed E-state index contributed by atoms with van der Waals surface area (Å²) in [5.41, 5.74) is 1.48. The Morgan fingerprint density at radius 2 is 1.75 bits per heavy atom. The molecule has 5 heteroatoms. The summed E-state index contributed by atoms with van der Waals surface area (Å²) in [6, 6.07) is 0.960. The summed E-state index contributed by atoms with van der Waals surface area (Å²) in [6.45, 7) is 0. The summed E-state index contributed by atoms with van der Waals surface area (Å²) in [6.07, 6.45) is 7.28. The van der Waals surface area contributed by atoms with Gasteiger partial charge in [0.1, 0.15) is 0 Å². The lowest BCUT2D eigenvalue weighted by Crippen LogP contribution is -2.37. The van der Waals surface area contributed by atoms with E-state index in [1.54, 1.807) is 0 Å². The first-order chi connectivity index (χ1) is 7.61. The molecule has 1 aliphatic heterocycles. The van der Waals surface area contributed by atoms with Crippen molar-refractivity contribution in [3.05, 3.63) is 11.6 Å². The Labute approximate surface area is 103 Å². The molecule has 0 unspecified atom stereocenters. The predicted molar refractivity (Wildman–Crippen MR) is 69.0 cm³/mol. The summed E-state index contributed by atoms with van der Waals surface area (Å²) >= 11 is 5.55. The van der Waals surface area contributed by atoms with Crippen LogP contribution in [-0.4, -0.2) is 41.7 Å². The standard InChI is InChI=1S/C11H20ClN2OP/c1-13-10-6-3-4-7-11(10)14(2)16(13,15)9-5-8-12/h5,8,10-11H,3-4,6-7,9H2,1-2H3/b8-5+/t10-,11-/m1/s1. The summed E-state index contributed by atoms with van der Waals surface area (Å²) in [5, 5.41) is 0. The molecule has 3 nitrogen and oxygen atoms in total. The highest BCUT2D eigenvalue weighted by molar-refractivity contribution is 7.59. The average Bonchev–Trinajstić information content (AvgIpc) is 2.51. The Hall–Kier alpha value is 0.180. The van der Waals surface area contributed by atoms with Gasteiger partial charge < -0.3 is 0 Å². The van der Waals surface area contributed by atoms with Gasteiger partial charge in [-0.25, -0.2) is 9.34 Å². The van der Waals surface area contributed by atoms with Gasteiger partial charge in [0.25, 0.3) is 0 Å². The molecule has 0 amide bonds. The van der Waals surface area contributed by atoms with Gasteiger partial charge in [-0.2, -0.15) is 0 Å². The van der Waals surface area contributed by atoms with Crippen LogP contribution in [0.3, 0.4) is 0 Å². The van der Waals surface area contributed by atoms with Crippen molar-refractivity contribution < 1.29 is 4.57 Å². The van der Waals surface area contributed by atoms with Crippen LogP contribution in [0.2, 0.25) is 0 Å². The van der Waals surface area contributed by atoms with Crippen molar-refractivity contribution in [1.29, 1.82) is 0 Å². The van der Waals surface area contributed by atoms with Crippen molar-refractivity contribution in [3.63, 3.8) is 0 Å². The first kappa shape index (κ1) is 12.6. The fraction of sp³-hybridized carbons (Fsp3) is 0.818. The molecule has 0 N–H and O–H groups in total. The SMILES string of the molecule is CN1[C@@H]2CCCC[C@H]2N(C)P1(=O)C/C=C/Cl. The summed E-state index contributed by atoms with van der Waals surface area (Å²) in [7, 11) is 1.64. The van der Waals surface area contributed by atoms with Crippen LogP contribution >= 0.6 is 19.0 Å². The van der Waals surface area contributed by atoms with Crippen LogP contribution in [0, 0.1) is 0 Å². The van der Waals surface area contributed by atoms with Gasteiger partial charge in [0, 0.05) is 23.8 Å². The maximum atomic E-state index is 12.9. The smallest absolute Gasteiger partial charge is 0.220 e. The van der Waals surface area contributed by atoms with E-state index in [4.69, 9.17) is 11.6 Å². The third-order valence-corrected chi connectivity index (χ3v) is 7.50. The maximum Gasteiger partial charge on any atom is 0.220 e. The van der Waals surface area contributed by atoms with Crippen LogP contribution in [0.4, 0.5) is 0 Å². The van der Waals surface area contributed by atoms with Crippen molar-refractivity contribution in [2.75, 3.05) is 20.3 Å². The molecule has 2 rings (SSSR count). The molecule has 1 heterocycles. The Bertz CT molecular complexity index is 312. The van der Waals surface area contributed by atoms with Crippen LogP contribution in [0.25, 0.3) is 0 Å². The number of halogens is 1. The third-order valence-electron chi connectivity index (χ3n) is 4.07. The highest BCUT2D eigenvalue weighted by Gasteiger charge is 2.50. The number of fused-ring (bicyclic) bond motifs is 1. The molecule has 1 saturated carbocycles. The molecule has 92 valence electrons. The topological polar surface area (TPSA) is 23.6 Å². The van der Waals surface area contributed by atoms with Gasteiger partial charge in [0.15, 0.2) is 0 Å². The van der Waals surface area contributed by atoms with Crippen molar-refractivity contribution in [1.82, 2.24) is 9.34 Å². The molecule has 0 bridgehead atoms. The first-order valence-electron chi connectivity index (χ1n) is 5.92. The zero-order valence-electron chi connectivity index (χ0n) is 9.97. The minimum absolute atomic E-state index is 0.480. The molecule has 2 fully saturated rings. The van der Waals surface area contributed by atoms with Gasteiger partial charge in [-0.3, -0.25) is 4.57 Å². The Morgan fingerprint density at radius 1 is 1.25 bits per heavy atom. The lowest BCUT2D eigenvalue weighted by atomic mass is 9.91. The zero-order valence-corrected chi connectivity index (χ0v) is 11.6. The molecule has 1 saturated heterocycles. The first-order valence-corrected chi connectivity index (χ1v) is 8.15. The average molecular weight is 263 g/mol. The van der Waals surface area contributed by atoms with E-state index in [0.717, 1.165) is 0 Å². The number of hydrogen-bond acceptors (Lipinski definition) is 1. The van der Waals surface area contributed by atoms with Crippen LogP contribution in [0.15, 0.2) is 11.6 Å². The molecule has 0 aromatic rings. The van der Waals surface area contributed by atoms with E-state index < -0.39 is 7.44 Å². The van der Waals surface area contributed by atoms with E-state index in [9.17, 15) is 4.57 Å². The highest BCUT2D eigenvalue weighted by atomic mass is 35.5. The molecular formula is C11H20ClN2OP. The second-order valence-corrected chi connectivity index (χ2v) is 7.98. The minimum Gasteiger partial charge on any atom is -0.288 e. The molecule has 2 aliphatic rings. The van der Waals surface area contributed by atoms with Gasteiger partial charge in [0.05, 0.1) is 0 Å². The predicted octanol–water partition coefficient (Wildman–Crippen LogP) is 3.12. The maximum absolute atomic E-state index is 12.9. The van der Waals surface area contributed by atoms with Gasteiger partial charge in [-0.15, -0.1) is 0 Å². The molecule has 1 aliphatic carbocycles. The van der Waals surface area contributed by atoms with Crippen molar-refractivity contribution >= 4 is 19.0 Å². The van der Waals surface area contributed by atoms with Gasteiger partial charge in [-0.1, -0.05) is 30.5 Å². The van der Waals surface area contributed by atoms with E-state index in [1.165, 1.54) is 31.2 Å². The van der Waals surface area contributed by atoms with Crippen LogP contribution in [0.1, 0.15) is 25.7 Å². The Morgan fingerprint density at radius 3 is 2.19 bits per heavy atom. The molecule has 0 spiro atoms. The highest BCUT2D eigenvalue weighted by Crippen LogP contribution is 2.61. The number of allylic oxidation sites excluding steroid dienone is 1. The fourth-order valence-corrected chi connectivity index (χ4v) is 6.10.